The number of carbonyl (C=O) groups excluding carboxylic acids is 2. The lowest BCUT2D eigenvalue weighted by atomic mass is 10.0. The molecule has 0 bridgehead atoms. The average molecular weight is 643 g/mol. The van der Waals surface area contributed by atoms with E-state index in [-0.39, 0.29) is 29.3 Å². The second-order valence-electron chi connectivity index (χ2n) is 10.7. The molecule has 2 amide bonds. The smallest absolute Gasteiger partial charge is 0.264 e. The van der Waals surface area contributed by atoms with Crippen molar-refractivity contribution in [3.05, 3.63) is 94.0 Å². The van der Waals surface area contributed by atoms with Crippen molar-refractivity contribution in [2.24, 2.45) is 0 Å². The van der Waals surface area contributed by atoms with Crippen LogP contribution in [0.25, 0.3) is 0 Å². The van der Waals surface area contributed by atoms with E-state index in [1.807, 2.05) is 57.2 Å². The van der Waals surface area contributed by atoms with E-state index in [1.54, 1.807) is 43.3 Å². The summed E-state index contributed by atoms with van der Waals surface area (Å²) in [4.78, 5) is 28.7. The monoisotopic (exact) mass is 641 g/mol. The van der Waals surface area contributed by atoms with Crippen molar-refractivity contribution in [2.75, 3.05) is 10.8 Å². The molecule has 3 rings (SSSR count). The van der Waals surface area contributed by atoms with Crippen LogP contribution in [0.3, 0.4) is 0 Å². The molecule has 7 nitrogen and oxygen atoms in total. The maximum absolute atomic E-state index is 14.0. The predicted octanol–water partition coefficient (Wildman–Crippen LogP) is 6.41. The third kappa shape index (κ3) is 8.42. The summed E-state index contributed by atoms with van der Waals surface area (Å²) in [7, 11) is -4.10. The largest absolute Gasteiger partial charge is 0.352 e. The standard InChI is InChI=1S/C32H40BrN3O4S/c1-7-24(5)34-32(38)25(6)35(20-26-10-14-28(33)15-11-26)31(37)21-36(29-16-12-27(13-17-29)22(2)3)41(39,40)30-18-8-23(4)9-19-30/h8-19,22,24-25H,7,20-21H2,1-6H3,(H,34,38)/t24-,25-/m0/s1. The Balaban J connectivity index is 2.03. The lowest BCUT2D eigenvalue weighted by Gasteiger charge is -2.32. The molecule has 3 aromatic rings. The van der Waals surface area contributed by atoms with Crippen molar-refractivity contribution >= 4 is 43.5 Å². The summed E-state index contributed by atoms with van der Waals surface area (Å²) in [5.41, 5.74) is 3.18. The number of anilines is 1. The molecule has 41 heavy (non-hydrogen) atoms. The zero-order valence-electron chi connectivity index (χ0n) is 24.6. The maximum Gasteiger partial charge on any atom is 0.264 e. The Kier molecular flexibility index (Phi) is 11.2. The van der Waals surface area contributed by atoms with Crippen LogP contribution in [0.1, 0.15) is 63.6 Å². The van der Waals surface area contributed by atoms with Gasteiger partial charge in [0.15, 0.2) is 0 Å². The summed E-state index contributed by atoms with van der Waals surface area (Å²) in [6.45, 7) is 11.2. The van der Waals surface area contributed by atoms with E-state index in [0.29, 0.717) is 5.69 Å². The number of amides is 2. The van der Waals surface area contributed by atoms with E-state index in [0.717, 1.165) is 31.9 Å². The highest BCUT2D eigenvalue weighted by molar-refractivity contribution is 9.10. The Morgan fingerprint density at radius 1 is 0.878 bits per heavy atom. The van der Waals surface area contributed by atoms with E-state index in [2.05, 4.69) is 35.1 Å². The molecule has 1 N–H and O–H groups in total. The molecule has 0 aliphatic heterocycles. The van der Waals surface area contributed by atoms with Crippen LogP contribution >= 0.6 is 15.9 Å². The number of sulfonamides is 1. The summed E-state index contributed by atoms with van der Waals surface area (Å²) >= 11 is 3.43. The highest BCUT2D eigenvalue weighted by Crippen LogP contribution is 2.27. The first-order valence-electron chi connectivity index (χ1n) is 13.9. The molecule has 9 heteroatoms. The number of halogens is 1. The van der Waals surface area contributed by atoms with Crippen LogP contribution in [0.5, 0.6) is 0 Å². The second kappa shape index (κ2) is 14.1. The Morgan fingerprint density at radius 3 is 2.00 bits per heavy atom. The van der Waals surface area contributed by atoms with E-state index in [4.69, 9.17) is 0 Å². The third-order valence-corrected chi connectivity index (χ3v) is 9.49. The van der Waals surface area contributed by atoms with Gasteiger partial charge in [-0.3, -0.25) is 13.9 Å². The first-order valence-corrected chi connectivity index (χ1v) is 16.1. The molecule has 220 valence electrons. The Labute approximate surface area is 253 Å². The van der Waals surface area contributed by atoms with Gasteiger partial charge in [0.2, 0.25) is 11.8 Å². The number of carbonyl (C=O) groups is 2. The van der Waals surface area contributed by atoms with E-state index in [9.17, 15) is 18.0 Å². The van der Waals surface area contributed by atoms with Crippen LogP contribution in [0.15, 0.2) is 82.2 Å². The predicted molar refractivity (Wildman–Crippen MR) is 168 cm³/mol. The normalized spacial score (nSPS) is 13.0. The number of nitrogens with one attached hydrogen (secondary N) is 1. The Bertz CT molecular complexity index is 1420. The number of aryl methyl sites for hydroxylation is 1. The molecule has 0 radical (unpaired) electrons. The molecular weight excluding hydrogens is 602 g/mol. The van der Waals surface area contributed by atoms with Gasteiger partial charge < -0.3 is 10.2 Å². The molecular formula is C32H40BrN3O4S. The molecule has 0 aliphatic rings. The fourth-order valence-corrected chi connectivity index (χ4v) is 5.90. The van der Waals surface area contributed by atoms with Crippen LogP contribution in [0.2, 0.25) is 0 Å². The minimum atomic E-state index is -4.10. The van der Waals surface area contributed by atoms with Gasteiger partial charge in [-0.1, -0.05) is 78.7 Å². The van der Waals surface area contributed by atoms with E-state index >= 15 is 0 Å². The fraction of sp³-hybridized carbons (Fsp3) is 0.375. The average Bonchev–Trinajstić information content (AvgIpc) is 2.95. The van der Waals surface area contributed by atoms with Crippen LogP contribution in [0.4, 0.5) is 5.69 Å². The molecule has 0 saturated carbocycles. The summed E-state index contributed by atoms with van der Waals surface area (Å²) in [5, 5.41) is 2.95. The zero-order chi connectivity index (χ0) is 30.3. The van der Waals surface area contributed by atoms with Crippen molar-refractivity contribution in [1.29, 1.82) is 0 Å². The van der Waals surface area contributed by atoms with Gasteiger partial charge in [0, 0.05) is 17.1 Å². The number of rotatable bonds is 12. The fourth-order valence-electron chi connectivity index (χ4n) is 4.23. The van der Waals surface area contributed by atoms with Crippen LogP contribution < -0.4 is 9.62 Å². The summed E-state index contributed by atoms with van der Waals surface area (Å²) < 4.78 is 30.0. The molecule has 2 atom stereocenters. The zero-order valence-corrected chi connectivity index (χ0v) is 27.0. The van der Waals surface area contributed by atoms with Crippen molar-refractivity contribution in [3.8, 4) is 0 Å². The lowest BCUT2D eigenvalue weighted by Crippen LogP contribution is -2.52. The van der Waals surface area contributed by atoms with Gasteiger partial charge in [0.05, 0.1) is 10.6 Å². The maximum atomic E-state index is 14.0. The lowest BCUT2D eigenvalue weighted by molar-refractivity contribution is -0.139. The van der Waals surface area contributed by atoms with Crippen LogP contribution in [-0.2, 0) is 26.2 Å². The van der Waals surface area contributed by atoms with Crippen molar-refractivity contribution in [3.63, 3.8) is 0 Å². The van der Waals surface area contributed by atoms with Crippen LogP contribution in [-0.4, -0.2) is 43.8 Å². The SMILES string of the molecule is CC[C@H](C)NC(=O)[C@H](C)N(Cc1ccc(Br)cc1)C(=O)CN(c1ccc(C(C)C)cc1)S(=O)(=O)c1ccc(C)cc1. The molecule has 0 heterocycles. The van der Waals surface area contributed by atoms with Crippen molar-refractivity contribution < 1.29 is 18.0 Å². The molecule has 0 saturated heterocycles. The quantitative estimate of drug-likeness (QED) is 0.248. The van der Waals surface area contributed by atoms with Gasteiger partial charge >= 0.3 is 0 Å². The Morgan fingerprint density at radius 2 is 1.46 bits per heavy atom. The van der Waals surface area contributed by atoms with Crippen molar-refractivity contribution in [1.82, 2.24) is 10.2 Å². The van der Waals surface area contributed by atoms with Gasteiger partial charge in [-0.05, 0) is 80.6 Å². The highest BCUT2D eigenvalue weighted by atomic mass is 79.9. The molecule has 0 spiro atoms. The molecule has 0 aliphatic carbocycles. The number of hydrogen-bond donors (Lipinski definition) is 1. The van der Waals surface area contributed by atoms with E-state index < -0.39 is 28.5 Å². The second-order valence-corrected chi connectivity index (χ2v) is 13.5. The summed E-state index contributed by atoms with van der Waals surface area (Å²) in [6, 6.07) is 20.4. The summed E-state index contributed by atoms with van der Waals surface area (Å²) in [5.74, 6) is -0.513. The van der Waals surface area contributed by atoms with Gasteiger partial charge in [-0.25, -0.2) is 8.42 Å². The Hall–Kier alpha value is -3.17. The number of nitrogens with zero attached hydrogens (tertiary/aromatic N) is 2. The topological polar surface area (TPSA) is 86.8 Å². The number of benzene rings is 3. The molecule has 0 aromatic heterocycles. The van der Waals surface area contributed by atoms with Gasteiger partial charge in [0.25, 0.3) is 10.0 Å². The van der Waals surface area contributed by atoms with Crippen molar-refractivity contribution in [2.45, 2.75) is 77.4 Å². The summed E-state index contributed by atoms with van der Waals surface area (Å²) in [6.07, 6.45) is 0.744. The van der Waals surface area contributed by atoms with Gasteiger partial charge in [-0.15, -0.1) is 0 Å². The third-order valence-electron chi connectivity index (χ3n) is 7.17. The minimum absolute atomic E-state index is 0.0625. The van der Waals surface area contributed by atoms with Gasteiger partial charge in [-0.2, -0.15) is 0 Å². The van der Waals surface area contributed by atoms with E-state index in [1.165, 1.54) is 4.90 Å². The number of hydrogen-bond acceptors (Lipinski definition) is 4. The minimum Gasteiger partial charge on any atom is -0.352 e. The first kappa shape index (κ1) is 32.3. The molecule has 0 unspecified atom stereocenters. The van der Waals surface area contributed by atoms with Crippen LogP contribution in [0, 0.1) is 6.92 Å². The van der Waals surface area contributed by atoms with Gasteiger partial charge in [0.1, 0.15) is 12.6 Å². The first-order chi connectivity index (χ1) is 19.3. The molecule has 0 fully saturated rings. The highest BCUT2D eigenvalue weighted by Gasteiger charge is 2.32. The molecule has 3 aromatic carbocycles.